The van der Waals surface area contributed by atoms with Crippen LogP contribution in [0, 0.1) is 13.8 Å². The van der Waals surface area contributed by atoms with Gasteiger partial charge in [-0.25, -0.2) is 9.69 Å². The fraction of sp³-hybridized carbons (Fsp3) is 0.100. The summed E-state index contributed by atoms with van der Waals surface area (Å²) in [5.74, 6) is -1.01. The molecule has 4 aromatic carbocycles. The van der Waals surface area contributed by atoms with E-state index in [1.807, 2.05) is 55.5 Å². The molecule has 4 aromatic rings. The monoisotopic (exact) mass is 510 g/mol. The van der Waals surface area contributed by atoms with Crippen LogP contribution in [-0.2, 0) is 16.2 Å². The van der Waals surface area contributed by atoms with E-state index in [1.165, 1.54) is 17.7 Å². The number of aryl methyl sites for hydroxylation is 2. The number of anilines is 1. The second kappa shape index (κ2) is 9.91. The van der Waals surface area contributed by atoms with E-state index in [4.69, 9.17) is 16.3 Å². The van der Waals surface area contributed by atoms with Crippen molar-refractivity contribution in [1.29, 1.82) is 0 Å². The van der Waals surface area contributed by atoms with Crippen molar-refractivity contribution >= 4 is 52.0 Å². The number of hydrogen-bond acceptors (Lipinski definition) is 4. The van der Waals surface area contributed by atoms with Gasteiger partial charge in [-0.1, -0.05) is 66.2 Å². The largest absolute Gasteiger partial charge is 0.488 e. The van der Waals surface area contributed by atoms with Gasteiger partial charge >= 0.3 is 6.03 Å². The minimum absolute atomic E-state index is 0.188. The smallest absolute Gasteiger partial charge is 0.335 e. The highest BCUT2D eigenvalue weighted by Crippen LogP contribution is 2.32. The first-order valence-electron chi connectivity index (χ1n) is 11.7. The fourth-order valence-corrected chi connectivity index (χ4v) is 4.44. The van der Waals surface area contributed by atoms with E-state index in [9.17, 15) is 14.4 Å². The van der Waals surface area contributed by atoms with Crippen LogP contribution in [-0.4, -0.2) is 17.8 Å². The first kappa shape index (κ1) is 24.3. The van der Waals surface area contributed by atoms with Gasteiger partial charge in [-0.3, -0.25) is 14.9 Å². The van der Waals surface area contributed by atoms with Gasteiger partial charge in [0.25, 0.3) is 11.8 Å². The summed E-state index contributed by atoms with van der Waals surface area (Å²) < 4.78 is 6.20. The molecule has 7 heteroatoms. The summed E-state index contributed by atoms with van der Waals surface area (Å²) in [7, 11) is 0. The van der Waals surface area contributed by atoms with E-state index in [-0.39, 0.29) is 11.3 Å². The predicted molar refractivity (Wildman–Crippen MR) is 145 cm³/mol. The lowest BCUT2D eigenvalue weighted by Gasteiger charge is -2.26. The topological polar surface area (TPSA) is 75.7 Å². The average Bonchev–Trinajstić information content (AvgIpc) is 2.87. The molecule has 0 bridgehead atoms. The van der Waals surface area contributed by atoms with Gasteiger partial charge in [0.15, 0.2) is 0 Å². The van der Waals surface area contributed by atoms with Crippen LogP contribution in [0.3, 0.4) is 0 Å². The van der Waals surface area contributed by atoms with Gasteiger partial charge in [-0.2, -0.15) is 0 Å². The first-order chi connectivity index (χ1) is 17.8. The molecule has 0 saturated carbocycles. The molecule has 0 unspecified atom stereocenters. The molecule has 0 aromatic heterocycles. The third-order valence-electron chi connectivity index (χ3n) is 6.35. The average molecular weight is 511 g/mol. The number of fused-ring (bicyclic) bond motifs is 1. The molecule has 1 heterocycles. The van der Waals surface area contributed by atoms with Crippen molar-refractivity contribution < 1.29 is 19.1 Å². The summed E-state index contributed by atoms with van der Waals surface area (Å²) in [6.07, 6.45) is 1.49. The van der Waals surface area contributed by atoms with Gasteiger partial charge in [-0.05, 0) is 71.7 Å². The molecule has 1 aliphatic rings. The number of hydrogen-bond donors (Lipinski definition) is 1. The second-order valence-electron chi connectivity index (χ2n) is 8.84. The third kappa shape index (κ3) is 4.84. The van der Waals surface area contributed by atoms with Gasteiger partial charge in [0.2, 0.25) is 0 Å². The summed E-state index contributed by atoms with van der Waals surface area (Å²) in [5.41, 5.74) is 4.00. The first-order valence-corrected chi connectivity index (χ1v) is 12.1. The van der Waals surface area contributed by atoms with Crippen LogP contribution in [0.15, 0.2) is 84.4 Å². The summed E-state index contributed by atoms with van der Waals surface area (Å²) in [6.45, 7) is 4.41. The molecule has 0 atom stereocenters. The van der Waals surface area contributed by atoms with E-state index in [0.29, 0.717) is 22.9 Å². The number of barbiturate groups is 1. The third-order valence-corrected chi connectivity index (χ3v) is 6.59. The van der Waals surface area contributed by atoms with Crippen LogP contribution in [0.1, 0.15) is 22.3 Å². The Bertz CT molecular complexity index is 1610. The summed E-state index contributed by atoms with van der Waals surface area (Å²) in [5, 5.41) is 4.34. The number of rotatable bonds is 5. The molecule has 6 nitrogen and oxygen atoms in total. The van der Waals surface area contributed by atoms with Crippen molar-refractivity contribution in [3.63, 3.8) is 0 Å². The zero-order valence-corrected chi connectivity index (χ0v) is 21.0. The van der Waals surface area contributed by atoms with Crippen LogP contribution in [0.2, 0.25) is 5.02 Å². The van der Waals surface area contributed by atoms with Gasteiger partial charge in [0.1, 0.15) is 17.9 Å². The lowest BCUT2D eigenvalue weighted by Crippen LogP contribution is -2.54. The van der Waals surface area contributed by atoms with Crippen molar-refractivity contribution in [1.82, 2.24) is 5.32 Å². The number of carbonyl (C=O) groups is 3. The minimum atomic E-state index is -0.835. The normalized spacial score (nSPS) is 14.8. The zero-order chi connectivity index (χ0) is 26.1. The molecule has 5 rings (SSSR count). The molecule has 37 heavy (non-hydrogen) atoms. The molecule has 1 aliphatic heterocycles. The number of urea groups is 1. The molecule has 0 aliphatic carbocycles. The number of halogens is 1. The Morgan fingerprint density at radius 1 is 0.892 bits per heavy atom. The maximum atomic E-state index is 13.5. The summed E-state index contributed by atoms with van der Waals surface area (Å²) >= 11 is 6.08. The fourth-order valence-electron chi connectivity index (χ4n) is 4.26. The van der Waals surface area contributed by atoms with Gasteiger partial charge in [-0.15, -0.1) is 0 Å². The second-order valence-corrected chi connectivity index (χ2v) is 9.28. The van der Waals surface area contributed by atoms with Gasteiger partial charge < -0.3 is 4.74 Å². The molecule has 0 spiro atoms. The number of carbonyl (C=O) groups excluding carboxylic acids is 3. The summed E-state index contributed by atoms with van der Waals surface area (Å²) in [4.78, 5) is 39.8. The van der Waals surface area contributed by atoms with E-state index in [2.05, 4.69) is 18.3 Å². The summed E-state index contributed by atoms with van der Waals surface area (Å²) in [6, 6.07) is 23.0. The van der Waals surface area contributed by atoms with Crippen molar-refractivity contribution in [2.24, 2.45) is 0 Å². The van der Waals surface area contributed by atoms with Crippen molar-refractivity contribution in [3.8, 4) is 5.75 Å². The van der Waals surface area contributed by atoms with Crippen molar-refractivity contribution in [2.45, 2.75) is 20.5 Å². The molecule has 1 fully saturated rings. The van der Waals surface area contributed by atoms with Crippen molar-refractivity contribution in [2.75, 3.05) is 4.90 Å². The Morgan fingerprint density at radius 3 is 2.49 bits per heavy atom. The number of amides is 4. The van der Waals surface area contributed by atoms with E-state index in [0.717, 1.165) is 26.8 Å². The maximum absolute atomic E-state index is 13.5. The van der Waals surface area contributed by atoms with Gasteiger partial charge in [0, 0.05) is 10.6 Å². The standard InChI is InChI=1S/C30H23ClN2O4/c1-18-10-11-20(14-19(18)2)17-37-27-13-12-21-6-3-4-9-24(21)25(27)16-26-28(34)32-30(36)33(29(26)35)23-8-5-7-22(31)15-23/h3-16H,17H2,1-2H3,(H,32,34,36)/b26-16+. The molecule has 1 saturated heterocycles. The Balaban J connectivity index is 1.58. The minimum Gasteiger partial charge on any atom is -0.488 e. The van der Waals surface area contributed by atoms with Crippen LogP contribution in [0.4, 0.5) is 10.5 Å². The van der Waals surface area contributed by atoms with Crippen LogP contribution >= 0.6 is 11.6 Å². The highest BCUT2D eigenvalue weighted by atomic mass is 35.5. The molecular formula is C30H23ClN2O4. The highest BCUT2D eigenvalue weighted by Gasteiger charge is 2.37. The Morgan fingerprint density at radius 2 is 1.70 bits per heavy atom. The predicted octanol–water partition coefficient (Wildman–Crippen LogP) is 6.36. The molecule has 184 valence electrons. The Labute approximate surface area is 219 Å². The van der Waals surface area contributed by atoms with E-state index < -0.39 is 17.8 Å². The number of nitrogens with zero attached hydrogens (tertiary/aromatic N) is 1. The molecule has 0 radical (unpaired) electrons. The lowest BCUT2D eigenvalue weighted by molar-refractivity contribution is -0.122. The van der Waals surface area contributed by atoms with Crippen LogP contribution in [0.5, 0.6) is 5.75 Å². The Hall–Kier alpha value is -4.42. The van der Waals surface area contributed by atoms with E-state index >= 15 is 0 Å². The highest BCUT2D eigenvalue weighted by molar-refractivity contribution is 6.39. The van der Waals surface area contributed by atoms with Crippen LogP contribution in [0.25, 0.3) is 16.8 Å². The molecule has 1 N–H and O–H groups in total. The Kier molecular flexibility index (Phi) is 6.51. The molecular weight excluding hydrogens is 488 g/mol. The van der Waals surface area contributed by atoms with Gasteiger partial charge in [0.05, 0.1) is 5.69 Å². The maximum Gasteiger partial charge on any atom is 0.335 e. The number of benzene rings is 4. The SMILES string of the molecule is Cc1ccc(COc2ccc3ccccc3c2/C=C2\C(=O)NC(=O)N(c3cccc(Cl)c3)C2=O)cc1C. The lowest BCUT2D eigenvalue weighted by atomic mass is 9.99. The van der Waals surface area contributed by atoms with E-state index in [1.54, 1.807) is 18.2 Å². The quantitative estimate of drug-likeness (QED) is 0.250. The number of nitrogens with one attached hydrogen (secondary N) is 1. The number of imide groups is 2. The molecule has 4 amide bonds. The van der Waals surface area contributed by atoms with Crippen LogP contribution < -0.4 is 15.0 Å². The van der Waals surface area contributed by atoms with Crippen molar-refractivity contribution in [3.05, 3.63) is 112 Å². The number of ether oxygens (including phenoxy) is 1. The zero-order valence-electron chi connectivity index (χ0n) is 20.2.